The molecule has 16 heavy (non-hydrogen) atoms. The van der Waals surface area contributed by atoms with Crippen LogP contribution >= 0.6 is 15.9 Å². The van der Waals surface area contributed by atoms with Crippen molar-refractivity contribution in [1.82, 2.24) is 4.98 Å². The van der Waals surface area contributed by atoms with E-state index < -0.39 is 5.82 Å². The van der Waals surface area contributed by atoms with Crippen molar-refractivity contribution >= 4 is 15.9 Å². The van der Waals surface area contributed by atoms with Crippen molar-refractivity contribution in [3.63, 3.8) is 0 Å². The lowest BCUT2D eigenvalue weighted by Gasteiger charge is -2.26. The van der Waals surface area contributed by atoms with E-state index in [1.165, 1.54) is 12.3 Å². The zero-order valence-corrected chi connectivity index (χ0v) is 10.4. The van der Waals surface area contributed by atoms with Gasteiger partial charge in [0.1, 0.15) is 6.10 Å². The molecule has 0 unspecified atom stereocenters. The van der Waals surface area contributed by atoms with Crippen LogP contribution in [0.3, 0.4) is 0 Å². The van der Waals surface area contributed by atoms with Crippen LogP contribution in [0.4, 0.5) is 4.39 Å². The molecule has 1 fully saturated rings. The Morgan fingerprint density at radius 3 is 2.69 bits per heavy atom. The van der Waals surface area contributed by atoms with Crippen LogP contribution in [0.5, 0.6) is 5.88 Å². The van der Waals surface area contributed by atoms with Gasteiger partial charge in [-0.25, -0.2) is 9.37 Å². The number of nitrogens with zero attached hydrogens (tertiary/aromatic N) is 1. The first kappa shape index (κ1) is 11.8. The maximum Gasteiger partial charge on any atom is 0.250 e. The summed E-state index contributed by atoms with van der Waals surface area (Å²) >= 11 is 3.15. The SMILES string of the molecule is NC1CCC(Oc2ncc(Br)cc2F)CC1. The Morgan fingerprint density at radius 1 is 1.38 bits per heavy atom. The molecule has 0 radical (unpaired) electrons. The molecular weight excluding hydrogens is 275 g/mol. The number of hydrogen-bond acceptors (Lipinski definition) is 3. The molecule has 0 atom stereocenters. The van der Waals surface area contributed by atoms with Crippen LogP contribution < -0.4 is 10.5 Å². The van der Waals surface area contributed by atoms with E-state index in [1.54, 1.807) is 0 Å². The molecule has 5 heteroatoms. The first-order valence-electron chi connectivity index (χ1n) is 5.38. The van der Waals surface area contributed by atoms with E-state index in [0.717, 1.165) is 25.7 Å². The molecule has 1 aromatic rings. The van der Waals surface area contributed by atoms with E-state index in [4.69, 9.17) is 10.5 Å². The quantitative estimate of drug-likeness (QED) is 0.910. The molecule has 0 aromatic carbocycles. The summed E-state index contributed by atoms with van der Waals surface area (Å²) < 4.78 is 19.6. The summed E-state index contributed by atoms with van der Waals surface area (Å²) in [6.45, 7) is 0. The molecule has 1 heterocycles. The third-order valence-corrected chi connectivity index (χ3v) is 3.20. The van der Waals surface area contributed by atoms with Crippen LogP contribution in [-0.2, 0) is 0 Å². The molecule has 88 valence electrons. The summed E-state index contributed by atoms with van der Waals surface area (Å²) in [4.78, 5) is 3.92. The van der Waals surface area contributed by atoms with E-state index in [9.17, 15) is 4.39 Å². The van der Waals surface area contributed by atoms with E-state index in [2.05, 4.69) is 20.9 Å². The molecule has 0 amide bonds. The molecule has 3 nitrogen and oxygen atoms in total. The standard InChI is InChI=1S/C11H14BrFN2O/c12-7-5-10(13)11(15-6-7)16-9-3-1-8(14)2-4-9/h5-6,8-9H,1-4,14H2. The highest BCUT2D eigenvalue weighted by molar-refractivity contribution is 9.10. The fourth-order valence-electron chi connectivity index (χ4n) is 1.85. The van der Waals surface area contributed by atoms with Gasteiger partial charge >= 0.3 is 0 Å². The third kappa shape index (κ3) is 2.92. The predicted octanol–water partition coefficient (Wildman–Crippen LogP) is 2.63. The number of rotatable bonds is 2. The predicted molar refractivity (Wildman–Crippen MR) is 62.8 cm³/mol. The van der Waals surface area contributed by atoms with Gasteiger partial charge in [-0.1, -0.05) is 0 Å². The van der Waals surface area contributed by atoms with E-state index >= 15 is 0 Å². The second-order valence-electron chi connectivity index (χ2n) is 4.10. The summed E-state index contributed by atoms with van der Waals surface area (Å²) in [5.41, 5.74) is 5.79. The van der Waals surface area contributed by atoms with Crippen LogP contribution in [0, 0.1) is 5.82 Å². The van der Waals surface area contributed by atoms with Crippen LogP contribution in [-0.4, -0.2) is 17.1 Å². The van der Waals surface area contributed by atoms with Crippen LogP contribution in [0.25, 0.3) is 0 Å². The van der Waals surface area contributed by atoms with E-state index in [-0.39, 0.29) is 18.0 Å². The zero-order chi connectivity index (χ0) is 11.5. The van der Waals surface area contributed by atoms with Crippen LogP contribution in [0.2, 0.25) is 0 Å². The Hall–Kier alpha value is -0.680. The topological polar surface area (TPSA) is 48.1 Å². The van der Waals surface area contributed by atoms with Crippen LogP contribution in [0.1, 0.15) is 25.7 Å². The van der Waals surface area contributed by atoms with Gasteiger partial charge in [-0.15, -0.1) is 0 Å². The highest BCUT2D eigenvalue weighted by Gasteiger charge is 2.21. The Labute approximate surface area is 102 Å². The molecule has 2 rings (SSSR count). The Bertz CT molecular complexity index is 367. The maximum absolute atomic E-state index is 13.4. The number of halogens is 2. The minimum absolute atomic E-state index is 0.0444. The largest absolute Gasteiger partial charge is 0.472 e. The Balaban J connectivity index is 1.98. The summed E-state index contributed by atoms with van der Waals surface area (Å²) in [6.07, 6.45) is 5.19. The fourth-order valence-corrected chi connectivity index (χ4v) is 2.16. The molecule has 1 saturated carbocycles. The van der Waals surface area contributed by atoms with Crippen molar-refractivity contribution in [3.05, 3.63) is 22.6 Å². The summed E-state index contributed by atoms with van der Waals surface area (Å²) in [7, 11) is 0. The average Bonchev–Trinajstić information content (AvgIpc) is 2.25. The van der Waals surface area contributed by atoms with Gasteiger partial charge < -0.3 is 10.5 Å². The lowest BCUT2D eigenvalue weighted by atomic mass is 9.94. The molecule has 0 saturated heterocycles. The molecular formula is C11H14BrFN2O. The van der Waals surface area contributed by atoms with E-state index in [0.29, 0.717) is 4.47 Å². The van der Waals surface area contributed by atoms with Gasteiger partial charge in [0.2, 0.25) is 0 Å². The van der Waals surface area contributed by atoms with Gasteiger partial charge in [-0.05, 0) is 47.7 Å². The van der Waals surface area contributed by atoms with Crippen molar-refractivity contribution in [3.8, 4) is 5.88 Å². The minimum atomic E-state index is -0.427. The lowest BCUT2D eigenvalue weighted by molar-refractivity contribution is 0.135. The Kier molecular flexibility index (Phi) is 3.76. The van der Waals surface area contributed by atoms with Gasteiger partial charge in [0.15, 0.2) is 5.82 Å². The highest BCUT2D eigenvalue weighted by atomic mass is 79.9. The molecule has 0 aliphatic heterocycles. The average molecular weight is 289 g/mol. The highest BCUT2D eigenvalue weighted by Crippen LogP contribution is 2.24. The number of ether oxygens (including phenoxy) is 1. The van der Waals surface area contributed by atoms with Crippen molar-refractivity contribution in [2.45, 2.75) is 37.8 Å². The van der Waals surface area contributed by atoms with Gasteiger partial charge in [-0.2, -0.15) is 0 Å². The second kappa shape index (κ2) is 5.10. The fraction of sp³-hybridized carbons (Fsp3) is 0.545. The number of nitrogens with two attached hydrogens (primary N) is 1. The molecule has 0 bridgehead atoms. The normalized spacial score (nSPS) is 25.4. The first-order valence-corrected chi connectivity index (χ1v) is 6.17. The summed E-state index contributed by atoms with van der Waals surface area (Å²) in [5.74, 6) is -0.340. The first-order chi connectivity index (χ1) is 7.65. The smallest absolute Gasteiger partial charge is 0.250 e. The molecule has 2 N–H and O–H groups in total. The van der Waals surface area contributed by atoms with Gasteiger partial charge in [0.05, 0.1) is 0 Å². The van der Waals surface area contributed by atoms with Crippen molar-refractivity contribution in [1.29, 1.82) is 0 Å². The van der Waals surface area contributed by atoms with Crippen LogP contribution in [0.15, 0.2) is 16.7 Å². The third-order valence-electron chi connectivity index (χ3n) is 2.77. The van der Waals surface area contributed by atoms with Crippen molar-refractivity contribution < 1.29 is 9.13 Å². The molecule has 1 aliphatic rings. The monoisotopic (exact) mass is 288 g/mol. The maximum atomic E-state index is 13.4. The van der Waals surface area contributed by atoms with Crippen molar-refractivity contribution in [2.24, 2.45) is 5.73 Å². The van der Waals surface area contributed by atoms with Gasteiger partial charge in [0, 0.05) is 16.7 Å². The number of hydrogen-bond donors (Lipinski definition) is 1. The van der Waals surface area contributed by atoms with Crippen molar-refractivity contribution in [2.75, 3.05) is 0 Å². The minimum Gasteiger partial charge on any atom is -0.472 e. The van der Waals surface area contributed by atoms with Gasteiger partial charge in [0.25, 0.3) is 5.88 Å². The summed E-state index contributed by atoms with van der Waals surface area (Å²) in [5, 5.41) is 0. The zero-order valence-electron chi connectivity index (χ0n) is 8.83. The number of aromatic nitrogens is 1. The van der Waals surface area contributed by atoms with Gasteiger partial charge in [-0.3, -0.25) is 0 Å². The lowest BCUT2D eigenvalue weighted by Crippen LogP contribution is -2.32. The summed E-state index contributed by atoms with van der Waals surface area (Å²) in [6, 6.07) is 1.62. The second-order valence-corrected chi connectivity index (χ2v) is 5.01. The Morgan fingerprint density at radius 2 is 2.06 bits per heavy atom. The molecule has 1 aromatic heterocycles. The molecule has 0 spiro atoms. The molecule has 1 aliphatic carbocycles. The van der Waals surface area contributed by atoms with E-state index in [1.807, 2.05) is 0 Å². The number of pyridine rings is 1.